The van der Waals surface area contributed by atoms with Crippen LogP contribution in [0, 0.1) is 13.8 Å². The van der Waals surface area contributed by atoms with Crippen LogP contribution in [-0.4, -0.2) is 11.1 Å². The van der Waals surface area contributed by atoms with Crippen LogP contribution in [0.15, 0.2) is 22.7 Å². The predicted molar refractivity (Wildman–Crippen MR) is 84.9 cm³/mol. The van der Waals surface area contributed by atoms with Crippen LogP contribution in [0.3, 0.4) is 0 Å². The van der Waals surface area contributed by atoms with Gasteiger partial charge < -0.3 is 9.84 Å². The van der Waals surface area contributed by atoms with Gasteiger partial charge >= 0.3 is 0 Å². The molecule has 1 N–H and O–H groups in total. The maximum atomic E-state index is 12.4. The average Bonchev–Trinajstić information content (AvgIpc) is 2.85. The molecule has 0 unspecified atom stereocenters. The highest BCUT2D eigenvalue weighted by Crippen LogP contribution is 2.25. The van der Waals surface area contributed by atoms with Crippen LogP contribution in [-0.2, 0) is 12.8 Å². The topological polar surface area (TPSA) is 55.1 Å². The molecule has 2 aromatic rings. The number of hydrogen-bond acceptors (Lipinski definition) is 3. The van der Waals surface area contributed by atoms with E-state index in [2.05, 4.69) is 28.7 Å². The number of nitrogens with zero attached hydrogens (tertiary/aromatic N) is 1. The van der Waals surface area contributed by atoms with Crippen molar-refractivity contribution in [2.45, 2.75) is 52.5 Å². The molecule has 116 valence electrons. The zero-order valence-corrected chi connectivity index (χ0v) is 13.4. The van der Waals surface area contributed by atoms with Gasteiger partial charge in [0.15, 0.2) is 0 Å². The molecule has 4 nitrogen and oxygen atoms in total. The van der Waals surface area contributed by atoms with Crippen molar-refractivity contribution in [2.75, 3.05) is 0 Å². The highest BCUT2D eigenvalue weighted by Gasteiger charge is 2.20. The van der Waals surface area contributed by atoms with Gasteiger partial charge in [-0.15, -0.1) is 0 Å². The van der Waals surface area contributed by atoms with E-state index in [1.165, 1.54) is 30.4 Å². The molecule has 0 saturated carbocycles. The summed E-state index contributed by atoms with van der Waals surface area (Å²) < 4.78 is 5.07. The number of amides is 1. The van der Waals surface area contributed by atoms with Crippen molar-refractivity contribution < 1.29 is 9.32 Å². The second-order valence-corrected chi connectivity index (χ2v) is 6.13. The molecule has 22 heavy (non-hydrogen) atoms. The first-order valence-electron chi connectivity index (χ1n) is 7.91. The molecule has 1 aromatic carbocycles. The van der Waals surface area contributed by atoms with Gasteiger partial charge in [0.2, 0.25) is 0 Å². The van der Waals surface area contributed by atoms with Crippen LogP contribution in [0.25, 0.3) is 0 Å². The summed E-state index contributed by atoms with van der Waals surface area (Å²) in [6, 6.07) is 6.55. The molecule has 0 fully saturated rings. The summed E-state index contributed by atoms with van der Waals surface area (Å²) in [6.07, 6.45) is 4.87. The number of rotatable bonds is 3. The molecular weight excluding hydrogens is 276 g/mol. The molecule has 0 radical (unpaired) electrons. The van der Waals surface area contributed by atoms with E-state index >= 15 is 0 Å². The molecule has 3 rings (SSSR count). The standard InChI is InChI=1S/C18H22N2O2/c1-11(19-18(21)17-12(2)20-22-13(17)3)15-9-8-14-6-4-5-7-16(14)10-15/h8-11H,4-7H2,1-3H3,(H,19,21)/t11-/m1/s1. The summed E-state index contributed by atoms with van der Waals surface area (Å²) >= 11 is 0. The van der Waals surface area contributed by atoms with Gasteiger partial charge in [-0.25, -0.2) is 0 Å². The Morgan fingerprint density at radius 1 is 1.23 bits per heavy atom. The lowest BCUT2D eigenvalue weighted by Crippen LogP contribution is -2.27. The van der Waals surface area contributed by atoms with Gasteiger partial charge in [-0.1, -0.05) is 23.4 Å². The maximum Gasteiger partial charge on any atom is 0.257 e. The number of carbonyl (C=O) groups is 1. The maximum absolute atomic E-state index is 12.4. The van der Waals surface area contributed by atoms with Crippen molar-refractivity contribution in [1.29, 1.82) is 0 Å². The summed E-state index contributed by atoms with van der Waals surface area (Å²) in [4.78, 5) is 12.4. The lowest BCUT2D eigenvalue weighted by Gasteiger charge is -2.20. The molecule has 4 heteroatoms. The zero-order valence-electron chi connectivity index (χ0n) is 13.4. The van der Waals surface area contributed by atoms with Gasteiger partial charge in [-0.2, -0.15) is 0 Å². The summed E-state index contributed by atoms with van der Waals surface area (Å²) in [5.74, 6) is 0.439. The predicted octanol–water partition coefficient (Wildman–Crippen LogP) is 3.66. The number of fused-ring (bicyclic) bond motifs is 1. The van der Waals surface area contributed by atoms with Crippen LogP contribution in [0.1, 0.15) is 64.3 Å². The van der Waals surface area contributed by atoms with E-state index in [4.69, 9.17) is 4.52 Å². The second kappa shape index (κ2) is 5.95. The SMILES string of the molecule is Cc1noc(C)c1C(=O)N[C@H](C)c1ccc2c(c1)CCCC2. The van der Waals surface area contributed by atoms with Gasteiger partial charge in [-0.3, -0.25) is 4.79 Å². The normalized spacial score (nSPS) is 15.2. The van der Waals surface area contributed by atoms with Crippen molar-refractivity contribution >= 4 is 5.91 Å². The van der Waals surface area contributed by atoms with Crippen molar-refractivity contribution in [1.82, 2.24) is 10.5 Å². The Bertz CT molecular complexity index is 684. The molecule has 0 spiro atoms. The van der Waals surface area contributed by atoms with Gasteiger partial charge in [-0.05, 0) is 63.1 Å². The minimum atomic E-state index is -0.124. The van der Waals surface area contributed by atoms with E-state index < -0.39 is 0 Å². The monoisotopic (exact) mass is 298 g/mol. The molecule has 0 bridgehead atoms. The Hall–Kier alpha value is -2.10. The summed E-state index contributed by atoms with van der Waals surface area (Å²) in [6.45, 7) is 5.56. The Morgan fingerprint density at radius 3 is 2.64 bits per heavy atom. The smallest absolute Gasteiger partial charge is 0.257 e. The number of nitrogens with one attached hydrogen (secondary N) is 1. The van der Waals surface area contributed by atoms with Crippen LogP contribution >= 0.6 is 0 Å². The largest absolute Gasteiger partial charge is 0.361 e. The molecular formula is C18H22N2O2. The summed E-state index contributed by atoms with van der Waals surface area (Å²) in [7, 11) is 0. The highest BCUT2D eigenvalue weighted by atomic mass is 16.5. The van der Waals surface area contributed by atoms with Crippen LogP contribution in [0.5, 0.6) is 0 Å². The van der Waals surface area contributed by atoms with Crippen LogP contribution in [0.2, 0.25) is 0 Å². The minimum absolute atomic E-state index is 0.0339. The Kier molecular flexibility index (Phi) is 4.01. The Balaban J connectivity index is 1.77. The third kappa shape index (κ3) is 2.78. The quantitative estimate of drug-likeness (QED) is 0.940. The second-order valence-electron chi connectivity index (χ2n) is 6.13. The van der Waals surface area contributed by atoms with Gasteiger partial charge in [0.05, 0.1) is 11.7 Å². The number of aryl methyl sites for hydroxylation is 4. The van der Waals surface area contributed by atoms with E-state index in [0.717, 1.165) is 12.0 Å². The van der Waals surface area contributed by atoms with E-state index in [0.29, 0.717) is 17.0 Å². The molecule has 1 aromatic heterocycles. The fourth-order valence-electron chi connectivity index (χ4n) is 3.18. The Labute approximate surface area is 130 Å². The molecule has 0 saturated heterocycles. The first kappa shape index (κ1) is 14.8. The summed E-state index contributed by atoms with van der Waals surface area (Å²) in [5, 5.41) is 6.89. The molecule has 1 aliphatic carbocycles. The summed E-state index contributed by atoms with van der Waals surface area (Å²) in [5.41, 5.74) is 5.22. The van der Waals surface area contributed by atoms with Gasteiger partial charge in [0.1, 0.15) is 11.3 Å². The number of hydrogen-bond donors (Lipinski definition) is 1. The fourth-order valence-corrected chi connectivity index (χ4v) is 3.18. The van der Waals surface area contributed by atoms with E-state index in [1.54, 1.807) is 13.8 Å². The minimum Gasteiger partial charge on any atom is -0.361 e. The van der Waals surface area contributed by atoms with Crippen molar-refractivity contribution in [2.24, 2.45) is 0 Å². The molecule has 0 aliphatic heterocycles. The third-order valence-electron chi connectivity index (χ3n) is 4.48. The third-order valence-corrected chi connectivity index (χ3v) is 4.48. The number of benzene rings is 1. The first-order valence-corrected chi connectivity index (χ1v) is 7.91. The van der Waals surface area contributed by atoms with Gasteiger partial charge in [0.25, 0.3) is 5.91 Å². The Morgan fingerprint density at radius 2 is 1.95 bits per heavy atom. The number of carbonyl (C=O) groups excluding carboxylic acids is 1. The van der Waals surface area contributed by atoms with Crippen LogP contribution < -0.4 is 5.32 Å². The van der Waals surface area contributed by atoms with E-state index in [-0.39, 0.29) is 11.9 Å². The fraction of sp³-hybridized carbons (Fsp3) is 0.444. The van der Waals surface area contributed by atoms with Crippen molar-refractivity contribution in [3.05, 3.63) is 51.9 Å². The zero-order chi connectivity index (χ0) is 15.7. The van der Waals surface area contributed by atoms with Gasteiger partial charge in [0, 0.05) is 0 Å². The molecule has 1 aliphatic rings. The van der Waals surface area contributed by atoms with Crippen LogP contribution in [0.4, 0.5) is 0 Å². The lowest BCUT2D eigenvalue weighted by atomic mass is 9.89. The highest BCUT2D eigenvalue weighted by molar-refractivity contribution is 5.96. The molecule has 1 atom stereocenters. The lowest BCUT2D eigenvalue weighted by molar-refractivity contribution is 0.0938. The van der Waals surface area contributed by atoms with E-state index in [9.17, 15) is 4.79 Å². The average molecular weight is 298 g/mol. The number of aromatic nitrogens is 1. The first-order chi connectivity index (χ1) is 10.6. The van der Waals surface area contributed by atoms with Crippen molar-refractivity contribution in [3.63, 3.8) is 0 Å². The molecule has 1 heterocycles. The molecule has 1 amide bonds. The van der Waals surface area contributed by atoms with Crippen molar-refractivity contribution in [3.8, 4) is 0 Å². The van der Waals surface area contributed by atoms with E-state index in [1.807, 2.05) is 6.92 Å².